The normalized spacial score (nSPS) is 19.1. The molecule has 0 radical (unpaired) electrons. The third-order valence-corrected chi connectivity index (χ3v) is 13.5. The fourth-order valence-electron chi connectivity index (χ4n) is 9.45. The minimum atomic E-state index is -1.29. The van der Waals surface area contributed by atoms with E-state index in [0.717, 1.165) is 76.1 Å². The van der Waals surface area contributed by atoms with Crippen LogP contribution in [0.15, 0.2) is 114 Å². The van der Waals surface area contributed by atoms with Crippen LogP contribution in [0.2, 0.25) is 0 Å². The molecule has 9 nitrogen and oxygen atoms in total. The molecule has 1 aromatic rings. The minimum Gasteiger partial charge on any atom is -0.874 e. The van der Waals surface area contributed by atoms with Crippen molar-refractivity contribution in [2.75, 3.05) is 13.7 Å². The summed E-state index contributed by atoms with van der Waals surface area (Å²) in [5.74, 6) is -0.610. The summed E-state index contributed by atoms with van der Waals surface area (Å²) in [7, 11) is 1.27. The van der Waals surface area contributed by atoms with Crippen LogP contribution < -0.4 is 20.8 Å². The van der Waals surface area contributed by atoms with Gasteiger partial charge in [-0.1, -0.05) is 109 Å². The molecule has 0 amide bonds. The number of allylic oxidation sites excluding steroid dienone is 9. The number of aromatic nitrogens is 1. The maximum absolute atomic E-state index is 14.3. The number of nitrogens with zero attached hydrogens (tertiary/aromatic N) is 4. The number of esters is 2. The summed E-state index contributed by atoms with van der Waals surface area (Å²) in [6, 6.07) is 0. The summed E-state index contributed by atoms with van der Waals surface area (Å²) in [5, 5.41) is 15.3. The molecule has 3 atom stereocenters. The third kappa shape index (κ3) is 11.4. The number of methoxy groups -OCH3 is 1. The maximum atomic E-state index is 14.3. The van der Waals surface area contributed by atoms with Gasteiger partial charge in [0.1, 0.15) is 6.61 Å². The molecule has 10 heteroatoms. The van der Waals surface area contributed by atoms with Crippen LogP contribution in [0.5, 0.6) is 0 Å². The van der Waals surface area contributed by atoms with Gasteiger partial charge >= 0.3 is 35.0 Å². The number of carbonyl (C=O) groups is 2. The molecule has 0 aromatic carbocycles. The van der Waals surface area contributed by atoms with Crippen LogP contribution in [0.4, 0.5) is 0 Å². The Bertz CT molecular complexity index is 2580. The van der Waals surface area contributed by atoms with E-state index in [9.17, 15) is 14.7 Å². The van der Waals surface area contributed by atoms with Gasteiger partial charge in [0, 0.05) is 11.6 Å². The molecule has 6 rings (SSSR count). The average Bonchev–Trinajstić information content (AvgIpc) is 3.99. The zero-order valence-corrected chi connectivity index (χ0v) is 42.3. The van der Waals surface area contributed by atoms with Crippen molar-refractivity contribution >= 4 is 69.9 Å². The predicted molar refractivity (Wildman–Crippen MR) is 265 cm³/mol. The smallest absolute Gasteiger partial charge is 0.874 e. The van der Waals surface area contributed by atoms with Gasteiger partial charge in [0.05, 0.1) is 47.3 Å². The first-order valence-corrected chi connectivity index (χ1v) is 23.4. The zero-order chi connectivity index (χ0) is 46.4. The number of hydrogen-bond donors (Lipinski definition) is 0. The van der Waals surface area contributed by atoms with Crippen molar-refractivity contribution in [1.29, 1.82) is 0 Å². The molecule has 8 bridgehead atoms. The van der Waals surface area contributed by atoms with E-state index >= 15 is 0 Å². The summed E-state index contributed by atoms with van der Waals surface area (Å²) in [4.78, 5) is 47.1. The van der Waals surface area contributed by atoms with E-state index in [1.807, 2.05) is 45.1 Å². The van der Waals surface area contributed by atoms with Crippen LogP contribution in [0.1, 0.15) is 138 Å². The quantitative estimate of drug-likeness (QED) is 0.0590. The molecule has 0 spiro atoms. The van der Waals surface area contributed by atoms with Gasteiger partial charge in [-0.05, 0) is 135 Å². The second kappa shape index (κ2) is 22.6. The molecule has 1 aromatic heterocycles. The van der Waals surface area contributed by atoms with E-state index in [4.69, 9.17) is 29.4 Å². The summed E-state index contributed by atoms with van der Waals surface area (Å²) in [6.07, 6.45) is 24.5. The van der Waals surface area contributed by atoms with Crippen LogP contribution in [-0.2, 0) is 19.1 Å². The molecule has 0 saturated heterocycles. The van der Waals surface area contributed by atoms with Crippen molar-refractivity contribution in [2.24, 2.45) is 38.6 Å². The molecule has 340 valence electrons. The summed E-state index contributed by atoms with van der Waals surface area (Å²) < 4.78 is 10.9. The van der Waals surface area contributed by atoms with E-state index in [0.29, 0.717) is 56.0 Å². The second-order valence-corrected chi connectivity index (χ2v) is 18.7. The molecular formula is C55H68MgN4O5. The Hall–Kier alpha value is -4.80. The van der Waals surface area contributed by atoms with Crippen LogP contribution in [0.25, 0.3) is 17.7 Å². The fourth-order valence-corrected chi connectivity index (χ4v) is 9.45. The predicted octanol–water partition coefficient (Wildman–Crippen LogP) is 9.51. The van der Waals surface area contributed by atoms with E-state index in [1.165, 1.54) is 63.7 Å². The summed E-state index contributed by atoms with van der Waals surface area (Å²) >= 11 is 0. The Kier molecular flexibility index (Phi) is 17.8. The SMILES string of the molecule is C=CC1=C(C)C2=NC1=CC1=NC(=CC3=C(C)C4=C([O-])[C@H](C(=O)OC)C(=c5[n-]c(c(C)c5/C=C/C(=O)OC/C=C(\C)CCCC(C)CCCC(C)CCCC(C)C)=C2)C4=N3)C(CC)=C1C.[Mg+2]. The van der Waals surface area contributed by atoms with Gasteiger partial charge < -0.3 is 19.6 Å². The molecule has 1 aliphatic carbocycles. The first-order valence-electron chi connectivity index (χ1n) is 23.4. The van der Waals surface area contributed by atoms with Crippen LogP contribution in [-0.4, -0.2) is 65.8 Å². The van der Waals surface area contributed by atoms with Gasteiger partial charge in [-0.15, -0.1) is 16.5 Å². The number of hydrogen-bond acceptors (Lipinski definition) is 8. The summed E-state index contributed by atoms with van der Waals surface area (Å²) in [6.45, 7) is 25.6. The second-order valence-electron chi connectivity index (χ2n) is 18.7. The van der Waals surface area contributed by atoms with E-state index in [-0.39, 0.29) is 29.7 Å². The number of rotatable bonds is 19. The number of carbonyl (C=O) groups excluding carboxylic acids is 2. The third-order valence-electron chi connectivity index (χ3n) is 13.5. The largest absolute Gasteiger partial charge is 2.00 e. The first kappa shape index (κ1) is 51.2. The summed E-state index contributed by atoms with van der Waals surface area (Å²) in [5.41, 5.74) is 11.7. The minimum absolute atomic E-state index is 0. The number of aliphatic imine (C=N–C) groups is 3. The van der Waals surface area contributed by atoms with Gasteiger partial charge in [-0.2, -0.15) is 0 Å². The molecule has 0 fully saturated rings. The molecule has 65 heavy (non-hydrogen) atoms. The maximum Gasteiger partial charge on any atom is 2.00 e. The van der Waals surface area contributed by atoms with Crippen LogP contribution in [0, 0.1) is 30.6 Å². The van der Waals surface area contributed by atoms with Crippen molar-refractivity contribution in [3.05, 3.63) is 121 Å². The Morgan fingerprint density at radius 3 is 2.17 bits per heavy atom. The van der Waals surface area contributed by atoms with Gasteiger partial charge in [0.15, 0.2) is 0 Å². The van der Waals surface area contributed by atoms with Crippen LogP contribution in [0.3, 0.4) is 0 Å². The topological polar surface area (TPSA) is 127 Å². The van der Waals surface area contributed by atoms with Crippen molar-refractivity contribution in [3.63, 3.8) is 0 Å². The Balaban J connectivity index is 0.00000793. The zero-order valence-electron chi connectivity index (χ0n) is 40.9. The van der Waals surface area contributed by atoms with Gasteiger partial charge in [-0.25, -0.2) is 19.8 Å². The molecule has 0 N–H and O–H groups in total. The standard InChI is InChI=1S/C55H70N4O5.Mg/c1-13-39-35(8)42-28-44-37(10)41(24-25-48(60)64-27-26-34(7)23-17-22-33(6)21-16-20-32(5)19-15-18-31(3)4)52(58-44)50-51(55(62)63-12)54(61)49-38(11)45(59-53(49)50)30-47-40(14-2)36(9)43(57-47)29-46(39)56-42;/h13,24-26,28-33,51H,1,14-23,27H2,2-12H3,(H2,56,57,58,59,60,61);/q;+2/p-2/b34-26+,42-28?,43-29?,44-28?,45-30?,46-29?,47-30?,52-50?;/t32?,33?,51-;/m1./s1. The van der Waals surface area contributed by atoms with Crippen molar-refractivity contribution in [2.45, 2.75) is 133 Å². The van der Waals surface area contributed by atoms with Gasteiger partial charge in [0.25, 0.3) is 0 Å². The monoisotopic (exact) mass is 889 g/mol. The van der Waals surface area contributed by atoms with Crippen LogP contribution >= 0.6 is 0 Å². The Labute approximate surface area is 403 Å². The Morgan fingerprint density at radius 1 is 0.877 bits per heavy atom. The average molecular weight is 889 g/mol. The van der Waals surface area contributed by atoms with Gasteiger partial charge in [0.2, 0.25) is 0 Å². The van der Waals surface area contributed by atoms with E-state index in [2.05, 4.69) is 55.0 Å². The first-order chi connectivity index (χ1) is 30.6. The van der Waals surface area contributed by atoms with Crippen molar-refractivity contribution in [1.82, 2.24) is 4.98 Å². The number of ether oxygens (including phenoxy) is 2. The fraction of sp³-hybridized carbons (Fsp3) is 0.473. The van der Waals surface area contributed by atoms with E-state index < -0.39 is 23.6 Å². The molecule has 4 aliphatic heterocycles. The molecule has 0 saturated carbocycles. The molecular weight excluding hydrogens is 821 g/mol. The van der Waals surface area contributed by atoms with Crippen molar-refractivity contribution < 1.29 is 24.2 Å². The molecule has 5 aliphatic rings. The van der Waals surface area contributed by atoms with Crippen molar-refractivity contribution in [3.8, 4) is 0 Å². The van der Waals surface area contributed by atoms with E-state index in [1.54, 1.807) is 12.2 Å². The van der Waals surface area contributed by atoms with Gasteiger partial charge in [-0.3, -0.25) is 4.79 Å². The Morgan fingerprint density at radius 2 is 1.52 bits per heavy atom. The number of fused-ring (bicyclic) bond motifs is 5. The molecule has 5 heterocycles. The molecule has 2 unspecified atom stereocenters.